The Balaban J connectivity index is 2.17. The van der Waals surface area contributed by atoms with Crippen molar-refractivity contribution in [2.45, 2.75) is 13.0 Å². The number of nitrogens with one attached hydrogen (secondary N) is 1. The third-order valence-corrected chi connectivity index (χ3v) is 3.54. The molecule has 0 bridgehead atoms. The summed E-state index contributed by atoms with van der Waals surface area (Å²) < 4.78 is 10.5. The van der Waals surface area contributed by atoms with E-state index in [1.807, 2.05) is 11.8 Å². The number of rotatable bonds is 5. The van der Waals surface area contributed by atoms with Gasteiger partial charge in [-0.15, -0.1) is 0 Å². The predicted molar refractivity (Wildman–Crippen MR) is 81.1 cm³/mol. The van der Waals surface area contributed by atoms with E-state index in [1.165, 1.54) is 7.11 Å². The average Bonchev–Trinajstić information content (AvgIpc) is 2.52. The van der Waals surface area contributed by atoms with Crippen LogP contribution in [-0.2, 0) is 4.79 Å². The number of ether oxygens (including phenoxy) is 2. The molecule has 1 aliphatic rings. The first-order valence-electron chi connectivity index (χ1n) is 7.13. The Hall–Kier alpha value is -2.28. The van der Waals surface area contributed by atoms with Gasteiger partial charge in [0.05, 0.1) is 7.11 Å². The molecule has 1 saturated heterocycles. The zero-order valence-electron chi connectivity index (χ0n) is 12.8. The molecular weight excluding hydrogens is 286 g/mol. The Morgan fingerprint density at radius 2 is 2.18 bits per heavy atom. The molecule has 2 rings (SSSR count). The van der Waals surface area contributed by atoms with Crippen LogP contribution < -0.4 is 20.5 Å². The summed E-state index contributed by atoms with van der Waals surface area (Å²) in [6.45, 7) is 4.00. The fraction of sp³-hybridized carbons (Fsp3) is 0.467. The quantitative estimate of drug-likeness (QED) is 0.798. The van der Waals surface area contributed by atoms with E-state index in [0.29, 0.717) is 23.6 Å². The molecule has 120 valence electrons. The Bertz CT molecular complexity index is 562. The van der Waals surface area contributed by atoms with Crippen molar-refractivity contribution in [2.75, 3.05) is 33.4 Å². The van der Waals surface area contributed by atoms with Crippen molar-refractivity contribution in [3.05, 3.63) is 23.8 Å². The molecule has 1 aromatic carbocycles. The van der Waals surface area contributed by atoms with Crippen LogP contribution in [0.4, 0.5) is 0 Å². The maximum atomic E-state index is 12.6. The molecule has 1 aromatic rings. The predicted octanol–water partition coefficient (Wildman–Crippen LogP) is -0.00680. The summed E-state index contributed by atoms with van der Waals surface area (Å²) in [6.07, 6.45) is 0. The van der Waals surface area contributed by atoms with Gasteiger partial charge in [-0.2, -0.15) is 0 Å². The summed E-state index contributed by atoms with van der Waals surface area (Å²) in [5.74, 6) is 0.159. The maximum absolute atomic E-state index is 12.6. The van der Waals surface area contributed by atoms with Gasteiger partial charge in [0, 0.05) is 31.2 Å². The Kier molecular flexibility index (Phi) is 5.21. The van der Waals surface area contributed by atoms with E-state index in [0.717, 1.165) is 13.1 Å². The monoisotopic (exact) mass is 307 g/mol. The zero-order valence-corrected chi connectivity index (χ0v) is 12.8. The van der Waals surface area contributed by atoms with Crippen LogP contribution in [-0.4, -0.2) is 56.1 Å². The van der Waals surface area contributed by atoms with Gasteiger partial charge in [-0.05, 0) is 25.1 Å². The van der Waals surface area contributed by atoms with E-state index in [9.17, 15) is 9.59 Å². The Labute approximate surface area is 129 Å². The van der Waals surface area contributed by atoms with Gasteiger partial charge in [-0.25, -0.2) is 0 Å². The van der Waals surface area contributed by atoms with Crippen LogP contribution in [0.3, 0.4) is 0 Å². The molecule has 0 spiro atoms. The molecular formula is C15H21N3O4. The number of nitrogens with two attached hydrogens (primary N) is 1. The number of carbonyl (C=O) groups excluding carboxylic acids is 2. The van der Waals surface area contributed by atoms with Gasteiger partial charge in [0.1, 0.15) is 0 Å². The van der Waals surface area contributed by atoms with Crippen molar-refractivity contribution in [2.24, 2.45) is 5.73 Å². The zero-order chi connectivity index (χ0) is 16.1. The second-order valence-corrected chi connectivity index (χ2v) is 5.17. The van der Waals surface area contributed by atoms with Crippen LogP contribution in [0, 0.1) is 0 Å². The third kappa shape index (κ3) is 3.67. The van der Waals surface area contributed by atoms with Crippen molar-refractivity contribution < 1.29 is 19.1 Å². The lowest BCUT2D eigenvalue weighted by molar-refractivity contribution is -0.119. The van der Waals surface area contributed by atoms with Gasteiger partial charge in [0.25, 0.3) is 11.8 Å². The first-order valence-corrected chi connectivity index (χ1v) is 7.13. The number of benzene rings is 1. The number of primary amides is 1. The molecule has 1 aliphatic heterocycles. The Morgan fingerprint density at radius 3 is 2.82 bits per heavy atom. The van der Waals surface area contributed by atoms with Crippen molar-refractivity contribution in [1.29, 1.82) is 0 Å². The summed E-state index contributed by atoms with van der Waals surface area (Å²) in [5.41, 5.74) is 5.58. The lowest BCUT2D eigenvalue weighted by atomic mass is 10.1. The molecule has 3 N–H and O–H groups in total. The van der Waals surface area contributed by atoms with E-state index < -0.39 is 5.91 Å². The van der Waals surface area contributed by atoms with Crippen LogP contribution in [0.5, 0.6) is 11.5 Å². The van der Waals surface area contributed by atoms with Crippen molar-refractivity contribution >= 4 is 11.8 Å². The van der Waals surface area contributed by atoms with Crippen LogP contribution in [0.1, 0.15) is 17.3 Å². The van der Waals surface area contributed by atoms with Crippen LogP contribution >= 0.6 is 0 Å². The molecule has 0 unspecified atom stereocenters. The maximum Gasteiger partial charge on any atom is 0.255 e. The van der Waals surface area contributed by atoms with Gasteiger partial charge < -0.3 is 25.4 Å². The highest BCUT2D eigenvalue weighted by Crippen LogP contribution is 2.28. The minimum Gasteiger partial charge on any atom is -0.493 e. The fourth-order valence-electron chi connectivity index (χ4n) is 2.38. The lowest BCUT2D eigenvalue weighted by Gasteiger charge is -2.34. The number of hydrogen-bond donors (Lipinski definition) is 2. The van der Waals surface area contributed by atoms with Crippen molar-refractivity contribution in [3.8, 4) is 11.5 Å². The third-order valence-electron chi connectivity index (χ3n) is 3.54. The summed E-state index contributed by atoms with van der Waals surface area (Å²) in [6, 6.07) is 5.03. The van der Waals surface area contributed by atoms with E-state index in [-0.39, 0.29) is 18.6 Å². The van der Waals surface area contributed by atoms with Gasteiger partial charge in [0.2, 0.25) is 0 Å². The topological polar surface area (TPSA) is 93.9 Å². The molecule has 22 heavy (non-hydrogen) atoms. The van der Waals surface area contributed by atoms with Gasteiger partial charge in [-0.1, -0.05) is 0 Å². The molecule has 0 aromatic heterocycles. The van der Waals surface area contributed by atoms with Crippen LogP contribution in [0.2, 0.25) is 0 Å². The summed E-state index contributed by atoms with van der Waals surface area (Å²) in [5, 5.41) is 3.25. The summed E-state index contributed by atoms with van der Waals surface area (Å²) in [4.78, 5) is 25.2. The highest BCUT2D eigenvalue weighted by atomic mass is 16.5. The molecule has 0 aliphatic carbocycles. The normalized spacial score (nSPS) is 17.9. The summed E-state index contributed by atoms with van der Waals surface area (Å²) >= 11 is 0. The molecule has 7 heteroatoms. The standard InChI is InChI=1S/C15H21N3O4/c1-10-8-17-5-6-18(10)15(20)11-3-4-12(13(7-11)21-2)22-9-14(16)19/h3-4,7,10,17H,5-6,8-9H2,1-2H3,(H2,16,19)/t10-/m1/s1. The lowest BCUT2D eigenvalue weighted by Crippen LogP contribution is -2.52. The minimum absolute atomic E-state index is 0.0475. The Morgan fingerprint density at radius 1 is 1.41 bits per heavy atom. The number of methoxy groups -OCH3 is 1. The number of carbonyl (C=O) groups is 2. The second-order valence-electron chi connectivity index (χ2n) is 5.17. The molecule has 0 saturated carbocycles. The first-order chi connectivity index (χ1) is 10.5. The molecule has 2 amide bonds. The number of amides is 2. The molecule has 7 nitrogen and oxygen atoms in total. The highest BCUT2D eigenvalue weighted by Gasteiger charge is 2.24. The van der Waals surface area contributed by atoms with Gasteiger partial charge in [-0.3, -0.25) is 9.59 Å². The molecule has 0 radical (unpaired) electrons. The number of nitrogens with zero attached hydrogens (tertiary/aromatic N) is 1. The molecule has 1 fully saturated rings. The van der Waals surface area contributed by atoms with Crippen LogP contribution in [0.25, 0.3) is 0 Å². The minimum atomic E-state index is -0.572. The SMILES string of the molecule is COc1cc(C(=O)N2CCNC[C@H]2C)ccc1OCC(N)=O. The first kappa shape index (κ1) is 16.1. The van der Waals surface area contributed by atoms with E-state index in [1.54, 1.807) is 18.2 Å². The van der Waals surface area contributed by atoms with E-state index in [4.69, 9.17) is 15.2 Å². The van der Waals surface area contributed by atoms with Crippen molar-refractivity contribution in [1.82, 2.24) is 10.2 Å². The number of hydrogen-bond acceptors (Lipinski definition) is 5. The fourth-order valence-corrected chi connectivity index (χ4v) is 2.38. The molecule has 1 atom stereocenters. The average molecular weight is 307 g/mol. The van der Waals surface area contributed by atoms with Gasteiger partial charge in [0.15, 0.2) is 18.1 Å². The second kappa shape index (κ2) is 7.13. The number of piperazine rings is 1. The van der Waals surface area contributed by atoms with Gasteiger partial charge >= 0.3 is 0 Å². The van der Waals surface area contributed by atoms with Crippen molar-refractivity contribution in [3.63, 3.8) is 0 Å². The van der Waals surface area contributed by atoms with Crippen LogP contribution in [0.15, 0.2) is 18.2 Å². The highest BCUT2D eigenvalue weighted by molar-refractivity contribution is 5.95. The van der Waals surface area contributed by atoms with E-state index >= 15 is 0 Å². The van der Waals surface area contributed by atoms with E-state index in [2.05, 4.69) is 5.32 Å². The smallest absolute Gasteiger partial charge is 0.255 e. The summed E-state index contributed by atoms with van der Waals surface area (Å²) in [7, 11) is 1.48. The largest absolute Gasteiger partial charge is 0.493 e. The molecule has 1 heterocycles.